The Morgan fingerprint density at radius 2 is 1.59 bits per heavy atom. The Morgan fingerprint density at radius 3 is 2.33 bits per heavy atom. The van der Waals surface area contributed by atoms with Crippen LogP contribution in [0.3, 0.4) is 0 Å². The SMILES string of the molecule is Cc1ccc(S(=O)(=O)n2cc(-c3nc(NC4C5CCC(CC5)C4C(=O)O)cc(-c4ccc5ccccc5c4)n3)c3cc(F)cc(F)c32)cc1. The van der Waals surface area contributed by atoms with E-state index < -0.39 is 33.5 Å². The number of hydrogen-bond donors (Lipinski definition) is 2. The van der Waals surface area contributed by atoms with Gasteiger partial charge in [-0.1, -0.05) is 54.1 Å². The van der Waals surface area contributed by atoms with E-state index in [2.05, 4.69) is 5.32 Å². The second kappa shape index (κ2) is 11.8. The van der Waals surface area contributed by atoms with Gasteiger partial charge < -0.3 is 10.4 Å². The van der Waals surface area contributed by atoms with Crippen LogP contribution < -0.4 is 5.32 Å². The minimum Gasteiger partial charge on any atom is -0.481 e. The van der Waals surface area contributed by atoms with Crippen molar-refractivity contribution >= 4 is 43.5 Å². The molecule has 9 rings (SSSR count). The highest BCUT2D eigenvalue weighted by Crippen LogP contribution is 2.46. The summed E-state index contributed by atoms with van der Waals surface area (Å²) in [5.41, 5.74) is 1.83. The number of carboxylic acid groups (broad SMARTS) is 1. The van der Waals surface area contributed by atoms with Crippen LogP contribution in [0.2, 0.25) is 0 Å². The number of anilines is 1. The van der Waals surface area contributed by atoms with Crippen molar-refractivity contribution in [2.75, 3.05) is 5.32 Å². The Hall–Kier alpha value is -5.16. The molecule has 0 aliphatic heterocycles. The van der Waals surface area contributed by atoms with E-state index in [0.29, 0.717) is 17.6 Å². The number of aryl methyl sites for hydroxylation is 1. The molecule has 2 atom stereocenters. The van der Waals surface area contributed by atoms with Gasteiger partial charge in [0, 0.05) is 40.9 Å². The average molecular weight is 679 g/mol. The average Bonchev–Trinajstić information content (AvgIpc) is 3.49. The number of carboxylic acids is 1. The number of carbonyl (C=O) groups is 1. The highest BCUT2D eigenvalue weighted by atomic mass is 32.2. The molecule has 0 radical (unpaired) electrons. The maximum Gasteiger partial charge on any atom is 0.308 e. The maximum absolute atomic E-state index is 15.6. The topological polar surface area (TPSA) is 114 Å². The third kappa shape index (κ3) is 5.42. The Bertz CT molecular complexity index is 2390. The summed E-state index contributed by atoms with van der Waals surface area (Å²) in [6, 6.07) is 23.0. The molecule has 248 valence electrons. The molecule has 2 heterocycles. The van der Waals surface area contributed by atoms with Crippen LogP contribution in [-0.2, 0) is 14.8 Å². The largest absolute Gasteiger partial charge is 0.481 e. The zero-order chi connectivity index (χ0) is 34.0. The molecule has 11 heteroatoms. The molecule has 3 saturated carbocycles. The van der Waals surface area contributed by atoms with Crippen molar-refractivity contribution in [3.63, 3.8) is 0 Å². The summed E-state index contributed by atoms with van der Waals surface area (Å²) in [4.78, 5) is 22.0. The van der Waals surface area contributed by atoms with Crippen molar-refractivity contribution in [2.45, 2.75) is 43.5 Å². The second-order valence-corrected chi connectivity index (χ2v) is 15.0. The van der Waals surface area contributed by atoms with Crippen LogP contribution in [0.25, 0.3) is 44.3 Å². The molecule has 2 N–H and O–H groups in total. The predicted octanol–water partition coefficient (Wildman–Crippen LogP) is 8.04. The lowest BCUT2D eigenvalue weighted by atomic mass is 9.61. The fraction of sp³-hybridized carbons (Fsp3) is 0.237. The first-order chi connectivity index (χ1) is 23.6. The van der Waals surface area contributed by atoms with Crippen molar-refractivity contribution in [3.8, 4) is 22.6 Å². The highest BCUT2D eigenvalue weighted by molar-refractivity contribution is 7.90. The molecule has 6 aromatic rings. The molecule has 0 amide bonds. The van der Waals surface area contributed by atoms with Crippen LogP contribution >= 0.6 is 0 Å². The van der Waals surface area contributed by atoms with Crippen LogP contribution in [0, 0.1) is 36.3 Å². The van der Waals surface area contributed by atoms with Crippen LogP contribution in [-0.4, -0.2) is 39.5 Å². The molecular formula is C38H32F2N4O4S. The van der Waals surface area contributed by atoms with Gasteiger partial charge in [-0.2, -0.15) is 0 Å². The van der Waals surface area contributed by atoms with E-state index in [1.54, 1.807) is 18.2 Å². The predicted molar refractivity (Wildman–Crippen MR) is 184 cm³/mol. The molecule has 49 heavy (non-hydrogen) atoms. The standard InChI is InChI=1S/C38H32F2N4O4S/c1-21-6-14-28(15-7-21)49(47,48)44-20-30(29-17-27(39)18-31(40)36(29)44)37-41-32(26-13-8-22-4-2-3-5-25(22)16-26)19-33(43-37)42-35-24-11-9-23(10-12-24)34(35)38(45)46/h2-8,13-20,23-24,34-35H,9-12H2,1H3,(H,45,46)(H,41,42,43). The lowest BCUT2D eigenvalue weighted by Gasteiger charge is -2.47. The van der Waals surface area contributed by atoms with Crippen molar-refractivity contribution in [2.24, 2.45) is 17.8 Å². The van der Waals surface area contributed by atoms with Crippen LogP contribution in [0.1, 0.15) is 31.2 Å². The van der Waals surface area contributed by atoms with Gasteiger partial charge >= 0.3 is 5.97 Å². The van der Waals surface area contributed by atoms with E-state index in [1.807, 2.05) is 49.4 Å². The van der Waals surface area contributed by atoms with E-state index in [-0.39, 0.29) is 45.1 Å². The van der Waals surface area contributed by atoms with Crippen LogP contribution in [0.4, 0.5) is 14.6 Å². The van der Waals surface area contributed by atoms with Gasteiger partial charge in [-0.25, -0.2) is 31.1 Å². The van der Waals surface area contributed by atoms with E-state index >= 15 is 4.39 Å². The summed E-state index contributed by atoms with van der Waals surface area (Å²) in [5.74, 6) is -2.82. The monoisotopic (exact) mass is 678 g/mol. The summed E-state index contributed by atoms with van der Waals surface area (Å²) >= 11 is 0. The molecule has 0 saturated heterocycles. The summed E-state index contributed by atoms with van der Waals surface area (Å²) < 4.78 is 59.2. The first kappa shape index (κ1) is 31.1. The van der Waals surface area contributed by atoms with Gasteiger partial charge in [0.2, 0.25) is 0 Å². The van der Waals surface area contributed by atoms with Gasteiger partial charge in [-0.3, -0.25) is 4.79 Å². The number of aromatic nitrogens is 3. The second-order valence-electron chi connectivity index (χ2n) is 13.2. The van der Waals surface area contributed by atoms with Gasteiger partial charge in [0.05, 0.1) is 16.5 Å². The Balaban J connectivity index is 1.33. The Labute approximate surface area is 281 Å². The summed E-state index contributed by atoms with van der Waals surface area (Å²) in [7, 11) is -4.33. The fourth-order valence-electron chi connectivity index (χ4n) is 7.76. The quantitative estimate of drug-likeness (QED) is 0.176. The van der Waals surface area contributed by atoms with E-state index in [9.17, 15) is 22.7 Å². The molecule has 3 fully saturated rings. The lowest BCUT2D eigenvalue weighted by molar-refractivity contribution is -0.148. The first-order valence-corrected chi connectivity index (χ1v) is 17.7. The summed E-state index contributed by atoms with van der Waals surface area (Å²) in [5, 5.41) is 15.6. The lowest BCUT2D eigenvalue weighted by Crippen LogP contribution is -2.51. The minimum atomic E-state index is -4.33. The van der Waals surface area contributed by atoms with Gasteiger partial charge in [0.15, 0.2) is 11.6 Å². The van der Waals surface area contributed by atoms with Crippen molar-refractivity contribution < 1.29 is 27.1 Å². The molecule has 8 nitrogen and oxygen atoms in total. The van der Waals surface area contributed by atoms with E-state index in [4.69, 9.17) is 9.97 Å². The Morgan fingerprint density at radius 1 is 0.878 bits per heavy atom. The number of fused-ring (bicyclic) bond motifs is 5. The third-order valence-corrected chi connectivity index (χ3v) is 11.9. The molecule has 2 unspecified atom stereocenters. The molecule has 4 aromatic carbocycles. The normalized spacial score (nSPS) is 20.6. The van der Waals surface area contributed by atoms with Gasteiger partial charge in [0.25, 0.3) is 10.0 Å². The number of rotatable bonds is 7. The van der Waals surface area contributed by atoms with Crippen LogP contribution in [0.5, 0.6) is 0 Å². The van der Waals surface area contributed by atoms with Gasteiger partial charge in [-0.15, -0.1) is 0 Å². The molecule has 2 aromatic heterocycles. The zero-order valence-electron chi connectivity index (χ0n) is 26.5. The number of halogens is 2. The highest BCUT2D eigenvalue weighted by Gasteiger charge is 2.47. The number of nitrogens with one attached hydrogen (secondary N) is 1. The number of aliphatic carboxylic acids is 1. The fourth-order valence-corrected chi connectivity index (χ4v) is 9.14. The van der Waals surface area contributed by atoms with Gasteiger partial charge in [0.1, 0.15) is 17.2 Å². The number of benzene rings is 4. The zero-order valence-corrected chi connectivity index (χ0v) is 27.3. The molecule has 2 bridgehead atoms. The third-order valence-electron chi connectivity index (χ3n) is 10.2. The van der Waals surface area contributed by atoms with E-state index in [0.717, 1.165) is 57.6 Å². The van der Waals surface area contributed by atoms with Crippen molar-refractivity contribution in [1.82, 2.24) is 13.9 Å². The van der Waals surface area contributed by atoms with Crippen molar-refractivity contribution in [3.05, 3.63) is 108 Å². The number of hydrogen-bond acceptors (Lipinski definition) is 6. The summed E-state index contributed by atoms with van der Waals surface area (Å²) in [6.07, 6.45) is 4.77. The molecular weight excluding hydrogens is 647 g/mol. The number of nitrogens with zero attached hydrogens (tertiary/aromatic N) is 3. The van der Waals surface area contributed by atoms with E-state index in [1.165, 1.54) is 18.3 Å². The van der Waals surface area contributed by atoms with Crippen LogP contribution in [0.15, 0.2) is 96.0 Å². The van der Waals surface area contributed by atoms with Crippen molar-refractivity contribution in [1.29, 1.82) is 0 Å². The maximum atomic E-state index is 15.6. The molecule has 0 spiro atoms. The summed E-state index contributed by atoms with van der Waals surface area (Å²) in [6.45, 7) is 1.82. The smallest absolute Gasteiger partial charge is 0.308 e. The molecule has 3 aliphatic carbocycles. The first-order valence-electron chi connectivity index (χ1n) is 16.3. The minimum absolute atomic E-state index is 0.0186. The molecule has 3 aliphatic rings. The Kier molecular flexibility index (Phi) is 7.47. The van der Waals surface area contributed by atoms with Gasteiger partial charge in [-0.05, 0) is 79.5 Å².